The number of aryl methyl sites for hydroxylation is 1. The van der Waals surface area contributed by atoms with Crippen molar-refractivity contribution in [2.24, 2.45) is 18.4 Å². The predicted molar refractivity (Wildman–Crippen MR) is 110 cm³/mol. The molecule has 0 aromatic carbocycles. The van der Waals surface area contributed by atoms with E-state index in [4.69, 9.17) is 0 Å². The third-order valence-electron chi connectivity index (χ3n) is 5.53. The minimum Gasteiger partial charge on any atom is -0.313 e. The van der Waals surface area contributed by atoms with Crippen LogP contribution in [0.25, 0.3) is 6.08 Å². The van der Waals surface area contributed by atoms with Gasteiger partial charge in [0, 0.05) is 29.3 Å². The van der Waals surface area contributed by atoms with Gasteiger partial charge in [-0.25, -0.2) is 0 Å². The number of hydrogen-bond acceptors (Lipinski definition) is 4. The summed E-state index contributed by atoms with van der Waals surface area (Å²) in [4.78, 5) is 13.6. The first-order valence-corrected chi connectivity index (χ1v) is 10.0. The van der Waals surface area contributed by atoms with Gasteiger partial charge in [-0.2, -0.15) is 10.4 Å². The molecule has 0 bridgehead atoms. The van der Waals surface area contributed by atoms with Crippen molar-refractivity contribution in [1.82, 2.24) is 9.78 Å². The number of aromatic nitrogens is 2. The van der Waals surface area contributed by atoms with Crippen molar-refractivity contribution in [3.8, 4) is 6.07 Å². The number of rotatable bonds is 3. The van der Waals surface area contributed by atoms with Crippen molar-refractivity contribution in [1.29, 1.82) is 5.26 Å². The number of hydrogen-bond donors (Lipinski definition) is 1. The molecule has 1 N–H and O–H groups in total. The average Bonchev–Trinajstić information content (AvgIpc) is 3.11. The summed E-state index contributed by atoms with van der Waals surface area (Å²) in [5, 5.41) is 17.4. The van der Waals surface area contributed by atoms with Crippen LogP contribution in [0.4, 0.5) is 5.00 Å². The molecule has 1 aliphatic rings. The first kappa shape index (κ1) is 19.4. The molecular weight excluding hydrogens is 356 g/mol. The van der Waals surface area contributed by atoms with Gasteiger partial charge in [-0.1, -0.05) is 20.8 Å². The molecule has 5 nitrogen and oxygen atoms in total. The topological polar surface area (TPSA) is 70.7 Å². The number of thiophene rings is 1. The van der Waals surface area contributed by atoms with Crippen LogP contribution in [-0.4, -0.2) is 15.7 Å². The fraction of sp³-hybridized carbons (Fsp3) is 0.476. The maximum absolute atomic E-state index is 12.4. The highest BCUT2D eigenvalue weighted by Crippen LogP contribution is 2.43. The zero-order valence-electron chi connectivity index (χ0n) is 16.6. The number of anilines is 1. The molecule has 0 saturated heterocycles. The fourth-order valence-electron chi connectivity index (χ4n) is 3.53. The molecule has 2 aromatic rings. The molecule has 0 saturated carbocycles. The van der Waals surface area contributed by atoms with E-state index in [1.807, 2.05) is 14.0 Å². The Balaban J connectivity index is 1.78. The van der Waals surface area contributed by atoms with E-state index < -0.39 is 0 Å². The van der Waals surface area contributed by atoms with Crippen molar-refractivity contribution in [3.05, 3.63) is 39.5 Å². The van der Waals surface area contributed by atoms with E-state index in [0.717, 1.165) is 36.1 Å². The summed E-state index contributed by atoms with van der Waals surface area (Å²) in [6.07, 6.45) is 7.98. The molecule has 1 amide bonds. The zero-order chi connectivity index (χ0) is 19.8. The van der Waals surface area contributed by atoms with Crippen molar-refractivity contribution < 1.29 is 4.79 Å². The van der Waals surface area contributed by atoms with E-state index in [1.54, 1.807) is 28.3 Å². The van der Waals surface area contributed by atoms with Crippen LogP contribution in [0.15, 0.2) is 12.3 Å². The fourth-order valence-corrected chi connectivity index (χ4v) is 4.81. The van der Waals surface area contributed by atoms with E-state index in [1.165, 1.54) is 11.0 Å². The Kier molecular flexibility index (Phi) is 5.25. The van der Waals surface area contributed by atoms with Gasteiger partial charge in [0.25, 0.3) is 0 Å². The number of carbonyl (C=O) groups is 1. The van der Waals surface area contributed by atoms with Crippen molar-refractivity contribution in [2.75, 3.05) is 5.32 Å². The molecule has 2 heterocycles. The Bertz CT molecular complexity index is 937. The molecule has 1 atom stereocenters. The van der Waals surface area contributed by atoms with Gasteiger partial charge in [0.05, 0.1) is 11.8 Å². The van der Waals surface area contributed by atoms with Gasteiger partial charge in [-0.05, 0) is 49.2 Å². The van der Waals surface area contributed by atoms with Crippen LogP contribution in [-0.2, 0) is 24.7 Å². The number of fused-ring (bicyclic) bond motifs is 1. The number of carbonyl (C=O) groups excluding carboxylic acids is 1. The zero-order valence-corrected chi connectivity index (χ0v) is 17.4. The first-order chi connectivity index (χ1) is 12.7. The lowest BCUT2D eigenvalue weighted by atomic mass is 9.72. The number of nitriles is 1. The summed E-state index contributed by atoms with van der Waals surface area (Å²) in [7, 11) is 1.87. The Morgan fingerprint density at radius 1 is 1.48 bits per heavy atom. The minimum absolute atomic E-state index is 0.222. The molecule has 0 radical (unpaired) electrons. The second-order valence-electron chi connectivity index (χ2n) is 8.26. The predicted octanol–water partition coefficient (Wildman–Crippen LogP) is 4.46. The summed E-state index contributed by atoms with van der Waals surface area (Å²) < 4.78 is 1.77. The molecule has 0 aliphatic heterocycles. The lowest BCUT2D eigenvalue weighted by Crippen LogP contribution is -2.26. The molecule has 27 heavy (non-hydrogen) atoms. The van der Waals surface area contributed by atoms with Crippen LogP contribution in [0.3, 0.4) is 0 Å². The monoisotopic (exact) mass is 382 g/mol. The van der Waals surface area contributed by atoms with Gasteiger partial charge in [0.15, 0.2) is 0 Å². The van der Waals surface area contributed by atoms with Crippen molar-refractivity contribution in [2.45, 2.75) is 47.0 Å². The number of nitrogens with one attached hydrogen (secondary N) is 1. The summed E-state index contributed by atoms with van der Waals surface area (Å²) in [6.45, 7) is 8.78. The first-order valence-electron chi connectivity index (χ1n) is 9.23. The van der Waals surface area contributed by atoms with Crippen LogP contribution in [0, 0.1) is 29.6 Å². The minimum atomic E-state index is -0.222. The second kappa shape index (κ2) is 7.32. The number of amides is 1. The van der Waals surface area contributed by atoms with Crippen LogP contribution in [0.1, 0.15) is 54.5 Å². The van der Waals surface area contributed by atoms with Crippen LogP contribution in [0.2, 0.25) is 0 Å². The van der Waals surface area contributed by atoms with E-state index in [2.05, 4.69) is 37.3 Å². The normalized spacial score (nSPS) is 17.0. The van der Waals surface area contributed by atoms with E-state index >= 15 is 0 Å². The summed E-state index contributed by atoms with van der Waals surface area (Å²) in [5.41, 5.74) is 3.93. The van der Waals surface area contributed by atoms with Gasteiger partial charge >= 0.3 is 0 Å². The van der Waals surface area contributed by atoms with E-state index in [-0.39, 0.29) is 11.3 Å². The molecule has 2 aromatic heterocycles. The standard InChI is InChI=1S/C21H26N4OS/c1-13-14(12-23-25(13)5)6-9-19(26)24-20-17(11-22)16-8-7-15(21(2,3)4)10-18(16)27-20/h6,9,12,15H,7-8,10H2,1-5H3,(H,24,26). The summed E-state index contributed by atoms with van der Waals surface area (Å²) >= 11 is 1.56. The van der Waals surface area contributed by atoms with E-state index in [0.29, 0.717) is 16.5 Å². The van der Waals surface area contributed by atoms with Crippen LogP contribution in [0.5, 0.6) is 0 Å². The SMILES string of the molecule is Cc1c(C=CC(=O)Nc2sc3c(c2C#N)CCC(C(C)(C)C)C3)cnn1C. The van der Waals surface area contributed by atoms with Crippen molar-refractivity contribution in [3.63, 3.8) is 0 Å². The third-order valence-corrected chi connectivity index (χ3v) is 6.70. The number of nitrogens with zero attached hydrogens (tertiary/aromatic N) is 3. The third kappa shape index (κ3) is 3.98. The molecule has 6 heteroatoms. The molecule has 1 aliphatic carbocycles. The van der Waals surface area contributed by atoms with Gasteiger partial charge in [0.2, 0.25) is 5.91 Å². The highest BCUT2D eigenvalue weighted by atomic mass is 32.1. The van der Waals surface area contributed by atoms with Gasteiger partial charge in [-0.3, -0.25) is 9.48 Å². The highest BCUT2D eigenvalue weighted by Gasteiger charge is 2.32. The van der Waals surface area contributed by atoms with Gasteiger partial charge < -0.3 is 5.32 Å². The smallest absolute Gasteiger partial charge is 0.249 e. The Labute approximate surface area is 164 Å². The lowest BCUT2D eigenvalue weighted by molar-refractivity contribution is -0.111. The van der Waals surface area contributed by atoms with Crippen LogP contribution >= 0.6 is 11.3 Å². The summed E-state index contributed by atoms with van der Waals surface area (Å²) in [5.74, 6) is 0.382. The average molecular weight is 383 g/mol. The van der Waals surface area contributed by atoms with Gasteiger partial charge in [-0.15, -0.1) is 11.3 Å². The molecular formula is C21H26N4OS. The summed E-state index contributed by atoms with van der Waals surface area (Å²) in [6, 6.07) is 2.31. The largest absolute Gasteiger partial charge is 0.313 e. The molecule has 0 fully saturated rings. The Morgan fingerprint density at radius 3 is 2.81 bits per heavy atom. The maximum atomic E-state index is 12.4. The molecule has 3 rings (SSSR count). The van der Waals surface area contributed by atoms with Crippen molar-refractivity contribution >= 4 is 28.3 Å². The maximum Gasteiger partial charge on any atom is 0.249 e. The molecule has 1 unspecified atom stereocenters. The lowest BCUT2D eigenvalue weighted by Gasteiger charge is -2.33. The molecule has 142 valence electrons. The Morgan fingerprint density at radius 2 is 2.22 bits per heavy atom. The van der Waals surface area contributed by atoms with Gasteiger partial charge in [0.1, 0.15) is 11.1 Å². The highest BCUT2D eigenvalue weighted by molar-refractivity contribution is 7.16. The quantitative estimate of drug-likeness (QED) is 0.797. The second-order valence-corrected chi connectivity index (χ2v) is 9.36. The molecule has 0 spiro atoms. The van der Waals surface area contributed by atoms with E-state index in [9.17, 15) is 10.1 Å². The van der Waals surface area contributed by atoms with Crippen LogP contribution < -0.4 is 5.32 Å². The Hall–Kier alpha value is -2.39.